The van der Waals surface area contributed by atoms with Crippen LogP contribution in [0, 0.1) is 0 Å². The van der Waals surface area contributed by atoms with Crippen molar-refractivity contribution in [2.75, 3.05) is 17.2 Å². The zero-order chi connectivity index (χ0) is 14.4. The maximum absolute atomic E-state index is 6.12. The molecule has 0 atom stereocenters. The van der Waals surface area contributed by atoms with Gasteiger partial charge in [0.05, 0.1) is 6.20 Å². The van der Waals surface area contributed by atoms with E-state index in [0.717, 1.165) is 13.0 Å². The highest BCUT2D eigenvalue weighted by molar-refractivity contribution is 6.32. The standard InChI is InChI=1S/C15H19ClN4/c1-3-11-7-5-6-8-12(11)9-18-14-13(16)10-19-15(20-14)17-4-2/h5-8,10H,3-4,9H2,1-2H3,(H2,17,18,19,20). The molecule has 0 unspecified atom stereocenters. The summed E-state index contributed by atoms with van der Waals surface area (Å²) in [6.07, 6.45) is 2.62. The molecule has 2 rings (SSSR count). The van der Waals surface area contributed by atoms with Crippen molar-refractivity contribution in [3.05, 3.63) is 46.6 Å². The minimum absolute atomic E-state index is 0.528. The SMILES string of the molecule is CCNc1ncc(Cl)c(NCc2ccccc2CC)n1. The van der Waals surface area contributed by atoms with E-state index in [4.69, 9.17) is 11.6 Å². The fraction of sp³-hybridized carbons (Fsp3) is 0.333. The summed E-state index contributed by atoms with van der Waals surface area (Å²) >= 11 is 6.12. The number of halogens is 1. The lowest BCUT2D eigenvalue weighted by Gasteiger charge is -2.11. The molecule has 0 saturated carbocycles. The van der Waals surface area contributed by atoms with E-state index in [1.165, 1.54) is 11.1 Å². The first kappa shape index (κ1) is 14.6. The third-order valence-corrected chi connectivity index (χ3v) is 3.30. The van der Waals surface area contributed by atoms with Gasteiger partial charge in [-0.05, 0) is 24.5 Å². The Labute approximate surface area is 124 Å². The average molecular weight is 291 g/mol. The molecule has 0 spiro atoms. The maximum Gasteiger partial charge on any atom is 0.224 e. The van der Waals surface area contributed by atoms with Gasteiger partial charge in [0.1, 0.15) is 5.02 Å². The summed E-state index contributed by atoms with van der Waals surface area (Å²) in [7, 11) is 0. The topological polar surface area (TPSA) is 49.8 Å². The van der Waals surface area contributed by atoms with Crippen molar-refractivity contribution in [1.82, 2.24) is 9.97 Å². The first-order valence-electron chi connectivity index (χ1n) is 6.81. The zero-order valence-corrected chi connectivity index (χ0v) is 12.5. The normalized spacial score (nSPS) is 10.3. The molecule has 0 aliphatic heterocycles. The van der Waals surface area contributed by atoms with E-state index in [9.17, 15) is 0 Å². The second-order valence-electron chi connectivity index (χ2n) is 4.40. The molecule has 5 heteroatoms. The summed E-state index contributed by atoms with van der Waals surface area (Å²) in [6, 6.07) is 8.36. The lowest BCUT2D eigenvalue weighted by atomic mass is 10.1. The van der Waals surface area contributed by atoms with Crippen molar-refractivity contribution < 1.29 is 0 Å². The number of aromatic nitrogens is 2. The van der Waals surface area contributed by atoms with Crippen LogP contribution in [0.25, 0.3) is 0 Å². The van der Waals surface area contributed by atoms with Crippen LogP contribution in [0.5, 0.6) is 0 Å². The minimum Gasteiger partial charge on any atom is -0.365 e. The highest BCUT2D eigenvalue weighted by Gasteiger charge is 2.06. The Balaban J connectivity index is 2.12. The molecule has 2 N–H and O–H groups in total. The molecule has 1 heterocycles. The summed E-state index contributed by atoms with van der Waals surface area (Å²) < 4.78 is 0. The Morgan fingerprint density at radius 2 is 1.85 bits per heavy atom. The van der Waals surface area contributed by atoms with Crippen molar-refractivity contribution in [1.29, 1.82) is 0 Å². The van der Waals surface area contributed by atoms with E-state index in [2.05, 4.69) is 45.7 Å². The molecule has 0 radical (unpaired) electrons. The van der Waals surface area contributed by atoms with E-state index in [0.29, 0.717) is 23.3 Å². The maximum atomic E-state index is 6.12. The molecule has 20 heavy (non-hydrogen) atoms. The second kappa shape index (κ2) is 7.10. The fourth-order valence-corrected chi connectivity index (χ4v) is 2.15. The van der Waals surface area contributed by atoms with Gasteiger partial charge in [0.15, 0.2) is 5.82 Å². The van der Waals surface area contributed by atoms with Gasteiger partial charge in [-0.25, -0.2) is 4.98 Å². The molecule has 1 aromatic carbocycles. The third kappa shape index (κ3) is 3.61. The van der Waals surface area contributed by atoms with Crippen LogP contribution >= 0.6 is 11.6 Å². The van der Waals surface area contributed by atoms with Crippen LogP contribution in [-0.2, 0) is 13.0 Å². The summed E-state index contributed by atoms with van der Waals surface area (Å²) in [5.41, 5.74) is 2.59. The summed E-state index contributed by atoms with van der Waals surface area (Å²) in [5.74, 6) is 1.24. The van der Waals surface area contributed by atoms with Gasteiger partial charge in [-0.3, -0.25) is 0 Å². The van der Waals surface area contributed by atoms with E-state index in [1.807, 2.05) is 13.0 Å². The van der Waals surface area contributed by atoms with Crippen molar-refractivity contribution in [2.24, 2.45) is 0 Å². The van der Waals surface area contributed by atoms with Gasteiger partial charge in [-0.1, -0.05) is 42.8 Å². The number of nitrogens with one attached hydrogen (secondary N) is 2. The lowest BCUT2D eigenvalue weighted by molar-refractivity contribution is 1.02. The number of aryl methyl sites for hydroxylation is 1. The van der Waals surface area contributed by atoms with Gasteiger partial charge in [0.2, 0.25) is 5.95 Å². The van der Waals surface area contributed by atoms with E-state index < -0.39 is 0 Å². The molecular formula is C15H19ClN4. The smallest absolute Gasteiger partial charge is 0.224 e. The van der Waals surface area contributed by atoms with Crippen LogP contribution in [0.3, 0.4) is 0 Å². The van der Waals surface area contributed by atoms with Gasteiger partial charge in [0, 0.05) is 13.1 Å². The van der Waals surface area contributed by atoms with Crippen LogP contribution in [0.1, 0.15) is 25.0 Å². The van der Waals surface area contributed by atoms with Crippen molar-refractivity contribution >= 4 is 23.4 Å². The van der Waals surface area contributed by atoms with Gasteiger partial charge < -0.3 is 10.6 Å². The monoisotopic (exact) mass is 290 g/mol. The van der Waals surface area contributed by atoms with Gasteiger partial charge in [-0.2, -0.15) is 4.98 Å². The second-order valence-corrected chi connectivity index (χ2v) is 4.80. The highest BCUT2D eigenvalue weighted by atomic mass is 35.5. The molecule has 2 aromatic rings. The summed E-state index contributed by atoms with van der Waals surface area (Å²) in [4.78, 5) is 8.49. The van der Waals surface area contributed by atoms with Gasteiger partial charge in [0.25, 0.3) is 0 Å². The Hall–Kier alpha value is -1.81. The third-order valence-electron chi connectivity index (χ3n) is 3.02. The highest BCUT2D eigenvalue weighted by Crippen LogP contribution is 2.20. The van der Waals surface area contributed by atoms with Gasteiger partial charge in [-0.15, -0.1) is 0 Å². The number of anilines is 2. The van der Waals surface area contributed by atoms with E-state index in [-0.39, 0.29) is 0 Å². The molecular weight excluding hydrogens is 272 g/mol. The van der Waals surface area contributed by atoms with Crippen molar-refractivity contribution in [3.8, 4) is 0 Å². The quantitative estimate of drug-likeness (QED) is 0.851. The first-order valence-corrected chi connectivity index (χ1v) is 7.19. The molecule has 0 fully saturated rings. The fourth-order valence-electron chi connectivity index (χ4n) is 1.99. The molecule has 4 nitrogen and oxygen atoms in total. The molecule has 0 aliphatic carbocycles. The average Bonchev–Trinajstić information content (AvgIpc) is 2.48. The van der Waals surface area contributed by atoms with Crippen LogP contribution in [-0.4, -0.2) is 16.5 Å². The molecule has 0 aliphatic rings. The number of nitrogens with zero attached hydrogens (tertiary/aromatic N) is 2. The number of hydrogen-bond acceptors (Lipinski definition) is 4. The number of hydrogen-bond donors (Lipinski definition) is 2. The number of benzene rings is 1. The first-order chi connectivity index (χ1) is 9.74. The van der Waals surface area contributed by atoms with Crippen LogP contribution in [0.2, 0.25) is 5.02 Å². The summed E-state index contributed by atoms with van der Waals surface area (Å²) in [5, 5.41) is 6.88. The van der Waals surface area contributed by atoms with Crippen molar-refractivity contribution in [2.45, 2.75) is 26.8 Å². The molecule has 0 amide bonds. The molecule has 0 bridgehead atoms. The molecule has 1 aromatic heterocycles. The predicted octanol–water partition coefficient (Wildman–Crippen LogP) is 3.74. The Bertz CT molecular complexity index is 572. The largest absolute Gasteiger partial charge is 0.365 e. The minimum atomic E-state index is 0.528. The van der Waals surface area contributed by atoms with E-state index in [1.54, 1.807) is 6.20 Å². The van der Waals surface area contributed by atoms with Crippen molar-refractivity contribution in [3.63, 3.8) is 0 Å². The Morgan fingerprint density at radius 3 is 2.55 bits per heavy atom. The van der Waals surface area contributed by atoms with Gasteiger partial charge >= 0.3 is 0 Å². The van der Waals surface area contributed by atoms with Crippen LogP contribution in [0.15, 0.2) is 30.5 Å². The Kier molecular flexibility index (Phi) is 5.18. The number of rotatable bonds is 6. The zero-order valence-electron chi connectivity index (χ0n) is 11.8. The van der Waals surface area contributed by atoms with E-state index >= 15 is 0 Å². The molecule has 106 valence electrons. The lowest BCUT2D eigenvalue weighted by Crippen LogP contribution is -2.08. The molecule has 0 saturated heterocycles. The Morgan fingerprint density at radius 1 is 1.10 bits per heavy atom. The van der Waals surface area contributed by atoms with Crippen LogP contribution in [0.4, 0.5) is 11.8 Å². The van der Waals surface area contributed by atoms with Crippen LogP contribution < -0.4 is 10.6 Å². The summed E-state index contributed by atoms with van der Waals surface area (Å²) in [6.45, 7) is 5.63. The predicted molar refractivity (Wildman–Crippen MR) is 84.4 cm³/mol.